The molecule has 1 aliphatic heterocycles. The zero-order valence-electron chi connectivity index (χ0n) is 10.7. The highest BCUT2D eigenvalue weighted by atomic mass is 16.2. The minimum absolute atomic E-state index is 0.00681. The van der Waals surface area contributed by atoms with E-state index in [1.807, 2.05) is 20.8 Å². The molecule has 16 heavy (non-hydrogen) atoms. The monoisotopic (exact) mass is 226 g/mol. The van der Waals surface area contributed by atoms with E-state index in [1.165, 1.54) is 0 Å². The minimum atomic E-state index is -0.671. The Balaban J connectivity index is 2.95. The van der Waals surface area contributed by atoms with Crippen molar-refractivity contribution in [2.45, 2.75) is 58.0 Å². The average molecular weight is 226 g/mol. The van der Waals surface area contributed by atoms with E-state index in [1.54, 1.807) is 11.9 Å². The molecule has 0 aromatic rings. The number of nitrogens with zero attached hydrogens (tertiary/aromatic N) is 1. The Morgan fingerprint density at radius 2 is 1.81 bits per heavy atom. The van der Waals surface area contributed by atoms with Gasteiger partial charge in [-0.05, 0) is 19.3 Å². The fourth-order valence-electron chi connectivity index (χ4n) is 2.36. The summed E-state index contributed by atoms with van der Waals surface area (Å²) in [7, 11) is 1.74. The predicted molar refractivity (Wildman–Crippen MR) is 62.9 cm³/mol. The highest BCUT2D eigenvalue weighted by Crippen LogP contribution is 2.25. The van der Waals surface area contributed by atoms with Crippen molar-refractivity contribution >= 4 is 11.8 Å². The van der Waals surface area contributed by atoms with Gasteiger partial charge in [0.1, 0.15) is 11.6 Å². The Morgan fingerprint density at radius 1 is 1.25 bits per heavy atom. The summed E-state index contributed by atoms with van der Waals surface area (Å²) in [6, 6.07) is -0.288. The van der Waals surface area contributed by atoms with Crippen molar-refractivity contribution in [1.29, 1.82) is 0 Å². The van der Waals surface area contributed by atoms with E-state index in [2.05, 4.69) is 5.32 Å². The van der Waals surface area contributed by atoms with Crippen LogP contribution in [0.15, 0.2) is 0 Å². The molecule has 0 aliphatic carbocycles. The van der Waals surface area contributed by atoms with Gasteiger partial charge >= 0.3 is 0 Å². The van der Waals surface area contributed by atoms with E-state index in [-0.39, 0.29) is 17.9 Å². The van der Waals surface area contributed by atoms with Crippen LogP contribution < -0.4 is 5.32 Å². The van der Waals surface area contributed by atoms with Crippen LogP contribution in [0, 0.1) is 0 Å². The summed E-state index contributed by atoms with van der Waals surface area (Å²) in [5.41, 5.74) is -0.671. The van der Waals surface area contributed by atoms with Crippen LogP contribution in [-0.4, -0.2) is 35.3 Å². The van der Waals surface area contributed by atoms with Gasteiger partial charge in [-0.15, -0.1) is 0 Å². The lowest BCUT2D eigenvalue weighted by atomic mass is 9.87. The smallest absolute Gasteiger partial charge is 0.248 e. The third kappa shape index (κ3) is 1.93. The topological polar surface area (TPSA) is 49.4 Å². The van der Waals surface area contributed by atoms with Crippen molar-refractivity contribution in [2.75, 3.05) is 7.05 Å². The molecule has 1 atom stereocenters. The zero-order valence-corrected chi connectivity index (χ0v) is 10.7. The highest BCUT2D eigenvalue weighted by molar-refractivity contribution is 5.99. The van der Waals surface area contributed by atoms with E-state index in [9.17, 15) is 9.59 Å². The van der Waals surface area contributed by atoms with E-state index >= 15 is 0 Å². The Hall–Kier alpha value is -1.06. The first kappa shape index (κ1) is 13.0. The van der Waals surface area contributed by atoms with Crippen LogP contribution in [0.3, 0.4) is 0 Å². The van der Waals surface area contributed by atoms with Crippen molar-refractivity contribution in [3.05, 3.63) is 0 Å². The van der Waals surface area contributed by atoms with Crippen molar-refractivity contribution in [3.8, 4) is 0 Å². The first-order chi connectivity index (χ1) is 7.52. The molecule has 4 nitrogen and oxygen atoms in total. The average Bonchev–Trinajstić information content (AvgIpc) is 2.29. The Labute approximate surface area is 97.4 Å². The number of hydrogen-bond acceptors (Lipinski definition) is 2. The lowest BCUT2D eigenvalue weighted by Gasteiger charge is -2.44. The van der Waals surface area contributed by atoms with Crippen molar-refractivity contribution < 1.29 is 9.59 Å². The molecule has 92 valence electrons. The molecule has 2 amide bonds. The van der Waals surface area contributed by atoms with Crippen LogP contribution in [0.2, 0.25) is 0 Å². The quantitative estimate of drug-likeness (QED) is 0.785. The van der Waals surface area contributed by atoms with Gasteiger partial charge in [0.05, 0.1) is 0 Å². The van der Waals surface area contributed by atoms with Crippen molar-refractivity contribution in [3.63, 3.8) is 0 Å². The first-order valence-corrected chi connectivity index (χ1v) is 6.11. The normalized spacial score (nSPS) is 24.5. The van der Waals surface area contributed by atoms with Gasteiger partial charge in [-0.1, -0.05) is 27.2 Å². The molecule has 4 heteroatoms. The number of amides is 2. The van der Waals surface area contributed by atoms with Crippen LogP contribution in [-0.2, 0) is 9.59 Å². The van der Waals surface area contributed by atoms with E-state index in [4.69, 9.17) is 0 Å². The molecule has 0 radical (unpaired) electrons. The minimum Gasteiger partial charge on any atom is -0.340 e. The van der Waals surface area contributed by atoms with Crippen LogP contribution in [0.25, 0.3) is 0 Å². The molecule has 1 saturated heterocycles. The molecule has 1 N–H and O–H groups in total. The summed E-state index contributed by atoms with van der Waals surface area (Å²) in [5.74, 6) is 0.0446. The van der Waals surface area contributed by atoms with Gasteiger partial charge in [-0.2, -0.15) is 0 Å². The van der Waals surface area contributed by atoms with Crippen molar-refractivity contribution in [1.82, 2.24) is 10.2 Å². The summed E-state index contributed by atoms with van der Waals surface area (Å²) < 4.78 is 0. The lowest BCUT2D eigenvalue weighted by Crippen LogP contribution is -2.69. The molecule has 1 rings (SSSR count). The second kappa shape index (κ2) is 4.85. The third-order valence-electron chi connectivity index (χ3n) is 3.63. The first-order valence-electron chi connectivity index (χ1n) is 6.11. The lowest BCUT2D eigenvalue weighted by molar-refractivity contribution is -0.154. The molecule has 1 fully saturated rings. The summed E-state index contributed by atoms with van der Waals surface area (Å²) in [5, 5.41) is 2.91. The van der Waals surface area contributed by atoms with Crippen molar-refractivity contribution in [2.24, 2.45) is 0 Å². The maximum Gasteiger partial charge on any atom is 0.248 e. The van der Waals surface area contributed by atoms with Gasteiger partial charge in [0, 0.05) is 7.05 Å². The maximum atomic E-state index is 12.3. The predicted octanol–water partition coefficient (Wildman–Crippen LogP) is 1.30. The SMILES string of the molecule is CCCC1C(=O)NC(CC)(CC)C(=O)N1C. The van der Waals surface area contributed by atoms with Gasteiger partial charge in [0.2, 0.25) is 11.8 Å². The summed E-state index contributed by atoms with van der Waals surface area (Å²) in [4.78, 5) is 25.8. The van der Waals surface area contributed by atoms with Crippen LogP contribution in [0.1, 0.15) is 46.5 Å². The molecule has 1 heterocycles. The zero-order chi connectivity index (χ0) is 12.3. The number of rotatable bonds is 4. The van der Waals surface area contributed by atoms with E-state index < -0.39 is 5.54 Å². The Kier molecular flexibility index (Phi) is 3.94. The number of piperazine rings is 1. The van der Waals surface area contributed by atoms with Crippen LogP contribution in [0.4, 0.5) is 0 Å². The second-order valence-electron chi connectivity index (χ2n) is 4.50. The molecule has 1 aliphatic rings. The van der Waals surface area contributed by atoms with Crippen LogP contribution >= 0.6 is 0 Å². The molecule has 1 unspecified atom stereocenters. The summed E-state index contributed by atoms with van der Waals surface area (Å²) >= 11 is 0. The fraction of sp³-hybridized carbons (Fsp3) is 0.833. The third-order valence-corrected chi connectivity index (χ3v) is 3.63. The van der Waals surface area contributed by atoms with E-state index in [0.717, 1.165) is 12.8 Å². The summed E-state index contributed by atoms with van der Waals surface area (Å²) in [6.07, 6.45) is 2.94. The standard InChI is InChI=1S/C12H22N2O2/c1-5-8-9-10(15)13-12(6-2,7-3)11(16)14(9)4/h9H,5-8H2,1-4H3,(H,13,15). The number of carbonyl (C=O) groups is 2. The maximum absolute atomic E-state index is 12.3. The summed E-state index contributed by atoms with van der Waals surface area (Å²) in [6.45, 7) is 5.90. The molecular weight excluding hydrogens is 204 g/mol. The molecule has 0 bridgehead atoms. The molecular formula is C12H22N2O2. The second-order valence-corrected chi connectivity index (χ2v) is 4.50. The molecule has 0 spiro atoms. The van der Waals surface area contributed by atoms with Gasteiger partial charge < -0.3 is 10.2 Å². The van der Waals surface area contributed by atoms with Crippen LogP contribution in [0.5, 0.6) is 0 Å². The Bertz CT molecular complexity index is 285. The Morgan fingerprint density at radius 3 is 2.25 bits per heavy atom. The molecule has 0 saturated carbocycles. The number of carbonyl (C=O) groups excluding carboxylic acids is 2. The van der Waals surface area contributed by atoms with Gasteiger partial charge in [0.15, 0.2) is 0 Å². The van der Waals surface area contributed by atoms with Gasteiger partial charge in [-0.3, -0.25) is 9.59 Å². The van der Waals surface area contributed by atoms with E-state index in [0.29, 0.717) is 12.8 Å². The number of nitrogens with one attached hydrogen (secondary N) is 1. The molecule has 0 aromatic heterocycles. The fourth-order valence-corrected chi connectivity index (χ4v) is 2.36. The van der Waals surface area contributed by atoms with Gasteiger partial charge in [-0.25, -0.2) is 0 Å². The molecule has 0 aromatic carbocycles. The van der Waals surface area contributed by atoms with Gasteiger partial charge in [0.25, 0.3) is 0 Å². The number of hydrogen-bond donors (Lipinski definition) is 1. The number of likely N-dealkylation sites (N-methyl/N-ethyl adjacent to an activating group) is 1. The largest absolute Gasteiger partial charge is 0.340 e. The highest BCUT2D eigenvalue weighted by Gasteiger charge is 2.46.